The van der Waals surface area contributed by atoms with Gasteiger partial charge in [-0.1, -0.05) is 29.3 Å². The molecule has 0 aliphatic carbocycles. The van der Waals surface area contributed by atoms with E-state index in [-0.39, 0.29) is 5.91 Å². The maximum absolute atomic E-state index is 12.0. The van der Waals surface area contributed by atoms with E-state index in [2.05, 4.69) is 33.1 Å². The second-order valence-corrected chi connectivity index (χ2v) is 6.63. The molecule has 116 valence electrons. The molecular weight excluding hydrogens is 328 g/mol. The number of nitrogens with zero attached hydrogens (tertiary/aromatic N) is 1. The largest absolute Gasteiger partial charge is 0.352 e. The molecular formula is C17H25BrN2O. The molecule has 0 radical (unpaired) electrons. The lowest BCUT2D eigenvalue weighted by atomic mass is 10.00. The molecule has 2 rings (SSSR count). The summed E-state index contributed by atoms with van der Waals surface area (Å²) < 4.78 is 0.995. The van der Waals surface area contributed by atoms with Crippen molar-refractivity contribution in [2.24, 2.45) is 0 Å². The maximum Gasteiger partial charge on any atom is 0.251 e. The van der Waals surface area contributed by atoms with Gasteiger partial charge in [0.1, 0.15) is 0 Å². The van der Waals surface area contributed by atoms with Gasteiger partial charge in [0.2, 0.25) is 0 Å². The monoisotopic (exact) mass is 352 g/mol. The van der Waals surface area contributed by atoms with Gasteiger partial charge in [-0.05, 0) is 56.5 Å². The molecule has 1 fully saturated rings. The Labute approximate surface area is 136 Å². The van der Waals surface area contributed by atoms with E-state index in [9.17, 15) is 4.79 Å². The van der Waals surface area contributed by atoms with Gasteiger partial charge in [-0.25, -0.2) is 0 Å². The van der Waals surface area contributed by atoms with Gasteiger partial charge in [0.05, 0.1) is 0 Å². The van der Waals surface area contributed by atoms with Gasteiger partial charge in [0.25, 0.3) is 5.91 Å². The number of carbonyl (C=O) groups excluding carboxylic acids is 1. The van der Waals surface area contributed by atoms with Crippen molar-refractivity contribution in [1.29, 1.82) is 0 Å². The molecule has 3 nitrogen and oxygen atoms in total. The zero-order valence-corrected chi connectivity index (χ0v) is 14.4. The van der Waals surface area contributed by atoms with Crippen LogP contribution in [0.4, 0.5) is 0 Å². The number of benzene rings is 1. The maximum atomic E-state index is 12.0. The molecule has 1 aromatic carbocycles. The normalized spacial score (nSPS) is 19.4. The molecule has 0 bridgehead atoms. The van der Waals surface area contributed by atoms with Crippen molar-refractivity contribution in [2.45, 2.75) is 45.1 Å². The molecule has 4 heteroatoms. The Morgan fingerprint density at radius 1 is 1.33 bits per heavy atom. The first-order chi connectivity index (χ1) is 10.2. The van der Waals surface area contributed by atoms with Crippen molar-refractivity contribution in [3.8, 4) is 0 Å². The Morgan fingerprint density at radius 3 is 2.81 bits per heavy atom. The van der Waals surface area contributed by atoms with Crippen LogP contribution in [0.1, 0.15) is 49.4 Å². The van der Waals surface area contributed by atoms with Crippen LogP contribution in [-0.2, 0) is 0 Å². The molecule has 0 spiro atoms. The van der Waals surface area contributed by atoms with Crippen molar-refractivity contribution in [1.82, 2.24) is 10.2 Å². The second-order valence-electron chi connectivity index (χ2n) is 5.71. The lowest BCUT2D eigenvalue weighted by molar-refractivity contribution is 0.0947. The minimum atomic E-state index is 0.0215. The predicted molar refractivity (Wildman–Crippen MR) is 90.6 cm³/mol. The lowest BCUT2D eigenvalue weighted by Gasteiger charge is -2.35. The molecule has 1 heterocycles. The minimum Gasteiger partial charge on any atom is -0.352 e. The fraction of sp³-hybridized carbons (Fsp3) is 0.588. The molecule has 1 saturated heterocycles. The number of piperidine rings is 1. The highest BCUT2D eigenvalue weighted by atomic mass is 79.9. The molecule has 1 aliphatic rings. The highest BCUT2D eigenvalue weighted by molar-refractivity contribution is 9.10. The van der Waals surface area contributed by atoms with Crippen LogP contribution < -0.4 is 5.32 Å². The molecule has 1 unspecified atom stereocenters. The van der Waals surface area contributed by atoms with Crippen LogP contribution in [0.15, 0.2) is 28.7 Å². The predicted octanol–water partition coefficient (Wildman–Crippen LogP) is 3.83. The van der Waals surface area contributed by atoms with Gasteiger partial charge in [0.15, 0.2) is 0 Å². The molecule has 1 N–H and O–H groups in total. The molecule has 1 aromatic rings. The fourth-order valence-corrected chi connectivity index (χ4v) is 3.27. The van der Waals surface area contributed by atoms with Gasteiger partial charge < -0.3 is 10.2 Å². The molecule has 1 atom stereocenters. The summed E-state index contributed by atoms with van der Waals surface area (Å²) in [5.41, 5.74) is 0.725. The quantitative estimate of drug-likeness (QED) is 0.789. The van der Waals surface area contributed by atoms with E-state index in [4.69, 9.17) is 0 Å². The third-order valence-electron chi connectivity index (χ3n) is 4.23. The average Bonchev–Trinajstić information content (AvgIpc) is 2.52. The topological polar surface area (TPSA) is 32.3 Å². The number of nitrogens with one attached hydrogen (secondary N) is 1. The summed E-state index contributed by atoms with van der Waals surface area (Å²) in [7, 11) is 0. The van der Waals surface area contributed by atoms with E-state index in [0.29, 0.717) is 0 Å². The van der Waals surface area contributed by atoms with E-state index in [1.165, 1.54) is 32.2 Å². The zero-order chi connectivity index (χ0) is 15.1. The fourth-order valence-electron chi connectivity index (χ4n) is 3.00. The number of hydrogen-bond acceptors (Lipinski definition) is 2. The SMILES string of the molecule is CCC1CCCCN1CCCNC(=O)c1ccc(Br)cc1. The van der Waals surface area contributed by atoms with E-state index in [1.807, 2.05) is 24.3 Å². The van der Waals surface area contributed by atoms with Gasteiger partial charge in [0, 0.05) is 29.2 Å². The van der Waals surface area contributed by atoms with Gasteiger partial charge in [-0.15, -0.1) is 0 Å². The molecule has 21 heavy (non-hydrogen) atoms. The van der Waals surface area contributed by atoms with Crippen LogP contribution in [0.2, 0.25) is 0 Å². The van der Waals surface area contributed by atoms with Crippen molar-refractivity contribution in [3.63, 3.8) is 0 Å². The third kappa shape index (κ3) is 5.11. The Morgan fingerprint density at radius 2 is 2.10 bits per heavy atom. The summed E-state index contributed by atoms with van der Waals surface area (Å²) >= 11 is 3.38. The molecule has 1 amide bonds. The van der Waals surface area contributed by atoms with Crippen LogP contribution >= 0.6 is 15.9 Å². The summed E-state index contributed by atoms with van der Waals surface area (Å²) in [5, 5.41) is 3.01. The van der Waals surface area contributed by atoms with E-state index in [0.717, 1.165) is 35.6 Å². The van der Waals surface area contributed by atoms with Crippen LogP contribution in [0, 0.1) is 0 Å². The van der Waals surface area contributed by atoms with Crippen LogP contribution in [0.25, 0.3) is 0 Å². The summed E-state index contributed by atoms with van der Waals surface area (Å²) in [6, 6.07) is 8.23. The summed E-state index contributed by atoms with van der Waals surface area (Å²) in [6.07, 6.45) is 6.29. The Bertz CT molecular complexity index is 447. The second kappa shape index (κ2) is 8.54. The van der Waals surface area contributed by atoms with Gasteiger partial charge >= 0.3 is 0 Å². The van der Waals surface area contributed by atoms with Crippen molar-refractivity contribution < 1.29 is 4.79 Å². The highest BCUT2D eigenvalue weighted by Crippen LogP contribution is 2.19. The number of carbonyl (C=O) groups is 1. The van der Waals surface area contributed by atoms with Gasteiger partial charge in [-0.3, -0.25) is 4.79 Å². The highest BCUT2D eigenvalue weighted by Gasteiger charge is 2.19. The van der Waals surface area contributed by atoms with Crippen molar-refractivity contribution in [2.75, 3.05) is 19.6 Å². The minimum absolute atomic E-state index is 0.0215. The van der Waals surface area contributed by atoms with Crippen molar-refractivity contribution >= 4 is 21.8 Å². The molecule has 0 aromatic heterocycles. The Kier molecular flexibility index (Phi) is 6.71. The Balaban J connectivity index is 1.69. The summed E-state index contributed by atoms with van der Waals surface area (Å²) in [5.74, 6) is 0.0215. The van der Waals surface area contributed by atoms with E-state index in [1.54, 1.807) is 0 Å². The zero-order valence-electron chi connectivity index (χ0n) is 12.8. The lowest BCUT2D eigenvalue weighted by Crippen LogP contribution is -2.40. The first-order valence-electron chi connectivity index (χ1n) is 7.98. The molecule has 1 aliphatic heterocycles. The average molecular weight is 353 g/mol. The first-order valence-corrected chi connectivity index (χ1v) is 8.78. The number of hydrogen-bond donors (Lipinski definition) is 1. The number of amides is 1. The standard InChI is InChI=1S/C17H25BrN2O/c1-2-16-6-3-4-12-20(16)13-5-11-19-17(21)14-7-9-15(18)10-8-14/h7-10,16H,2-6,11-13H2,1H3,(H,19,21). The van der Waals surface area contributed by atoms with Crippen LogP contribution in [-0.4, -0.2) is 36.5 Å². The molecule has 0 saturated carbocycles. The first kappa shape index (κ1) is 16.5. The van der Waals surface area contributed by atoms with E-state index < -0.39 is 0 Å². The number of rotatable bonds is 6. The smallest absolute Gasteiger partial charge is 0.251 e. The number of halogens is 1. The summed E-state index contributed by atoms with van der Waals surface area (Å²) in [4.78, 5) is 14.6. The third-order valence-corrected chi connectivity index (χ3v) is 4.76. The van der Waals surface area contributed by atoms with Crippen molar-refractivity contribution in [3.05, 3.63) is 34.3 Å². The van der Waals surface area contributed by atoms with Gasteiger partial charge in [-0.2, -0.15) is 0 Å². The summed E-state index contributed by atoms with van der Waals surface area (Å²) in [6.45, 7) is 5.35. The van der Waals surface area contributed by atoms with Crippen LogP contribution in [0.3, 0.4) is 0 Å². The number of likely N-dealkylation sites (tertiary alicyclic amines) is 1. The van der Waals surface area contributed by atoms with Crippen LogP contribution in [0.5, 0.6) is 0 Å². The Hall–Kier alpha value is -0.870. The van der Waals surface area contributed by atoms with E-state index >= 15 is 0 Å².